The van der Waals surface area contributed by atoms with Crippen molar-refractivity contribution in [1.82, 2.24) is 0 Å². The predicted molar refractivity (Wildman–Crippen MR) is 88.1 cm³/mol. The highest BCUT2D eigenvalue weighted by Crippen LogP contribution is 2.13. The Bertz CT molecular complexity index is 314. The van der Waals surface area contributed by atoms with Gasteiger partial charge in [0, 0.05) is 0 Å². The summed E-state index contributed by atoms with van der Waals surface area (Å²) in [4.78, 5) is 0. The van der Waals surface area contributed by atoms with Gasteiger partial charge in [0.2, 0.25) is 0 Å². The highest BCUT2D eigenvalue weighted by Gasteiger charge is 2.03. The van der Waals surface area contributed by atoms with E-state index >= 15 is 0 Å². The van der Waals surface area contributed by atoms with Crippen LogP contribution in [-0.4, -0.2) is 29.9 Å². The number of rotatable bonds is 15. The van der Waals surface area contributed by atoms with Crippen molar-refractivity contribution >= 4 is 10.1 Å². The first-order chi connectivity index (χ1) is 9.95. The number of hydrogen-bond donors (Lipinski definition) is 2. The standard InChI is InChI=1S/C16H34O4S/c1-2-3-13-16(17)14-11-9-7-5-4-6-8-10-12-15-21(18,19)20/h16-17H,2-15H2,1H3,(H,18,19,20). The highest BCUT2D eigenvalue weighted by atomic mass is 32.2. The molecule has 0 rings (SSSR count). The summed E-state index contributed by atoms with van der Waals surface area (Å²) in [7, 11) is -3.77. The molecule has 2 N–H and O–H groups in total. The molecule has 0 aliphatic heterocycles. The number of aliphatic hydroxyl groups is 1. The van der Waals surface area contributed by atoms with Crippen LogP contribution in [0.4, 0.5) is 0 Å². The number of hydrogen-bond acceptors (Lipinski definition) is 3. The zero-order valence-electron chi connectivity index (χ0n) is 13.6. The van der Waals surface area contributed by atoms with Gasteiger partial charge in [0.05, 0.1) is 11.9 Å². The van der Waals surface area contributed by atoms with E-state index in [0.29, 0.717) is 6.42 Å². The molecule has 0 spiro atoms. The van der Waals surface area contributed by atoms with E-state index in [1.807, 2.05) is 0 Å². The molecule has 0 aromatic heterocycles. The summed E-state index contributed by atoms with van der Waals surface area (Å²) in [6.45, 7) is 2.15. The summed E-state index contributed by atoms with van der Waals surface area (Å²) in [5, 5.41) is 9.70. The first-order valence-electron chi connectivity index (χ1n) is 8.59. The molecule has 0 aliphatic carbocycles. The van der Waals surface area contributed by atoms with Gasteiger partial charge in [0.1, 0.15) is 0 Å². The van der Waals surface area contributed by atoms with Gasteiger partial charge in [-0.3, -0.25) is 4.55 Å². The van der Waals surface area contributed by atoms with Crippen LogP contribution in [0.5, 0.6) is 0 Å². The molecule has 21 heavy (non-hydrogen) atoms. The molecule has 0 aliphatic rings. The van der Waals surface area contributed by atoms with Crippen molar-refractivity contribution in [2.45, 2.75) is 96.5 Å². The molecule has 1 atom stereocenters. The Labute approximate surface area is 131 Å². The normalized spacial score (nSPS) is 13.5. The monoisotopic (exact) mass is 322 g/mol. The van der Waals surface area contributed by atoms with Crippen LogP contribution < -0.4 is 0 Å². The third-order valence-electron chi connectivity index (χ3n) is 3.83. The lowest BCUT2D eigenvalue weighted by Crippen LogP contribution is -2.05. The Hall–Kier alpha value is -0.130. The van der Waals surface area contributed by atoms with Crippen LogP contribution >= 0.6 is 0 Å². The van der Waals surface area contributed by atoms with Crippen LogP contribution in [0.3, 0.4) is 0 Å². The van der Waals surface area contributed by atoms with E-state index in [4.69, 9.17) is 4.55 Å². The van der Waals surface area contributed by atoms with Gasteiger partial charge in [-0.25, -0.2) is 0 Å². The van der Waals surface area contributed by atoms with E-state index in [1.165, 1.54) is 25.7 Å². The zero-order valence-corrected chi connectivity index (χ0v) is 14.4. The van der Waals surface area contributed by atoms with Crippen molar-refractivity contribution in [2.24, 2.45) is 0 Å². The summed E-state index contributed by atoms with van der Waals surface area (Å²) in [5.74, 6) is -0.104. The molecular weight excluding hydrogens is 288 g/mol. The van der Waals surface area contributed by atoms with E-state index < -0.39 is 10.1 Å². The van der Waals surface area contributed by atoms with E-state index in [1.54, 1.807) is 0 Å². The molecule has 0 radical (unpaired) electrons. The van der Waals surface area contributed by atoms with Gasteiger partial charge in [-0.15, -0.1) is 0 Å². The van der Waals surface area contributed by atoms with Gasteiger partial charge in [0.15, 0.2) is 0 Å². The van der Waals surface area contributed by atoms with Crippen molar-refractivity contribution in [3.05, 3.63) is 0 Å². The van der Waals surface area contributed by atoms with Crippen molar-refractivity contribution in [1.29, 1.82) is 0 Å². The summed E-state index contributed by atoms with van der Waals surface area (Å²) in [6.07, 6.45) is 13.7. The summed E-state index contributed by atoms with van der Waals surface area (Å²) >= 11 is 0. The minimum atomic E-state index is -3.77. The predicted octanol–water partition coefficient (Wildman–Crippen LogP) is 4.33. The third kappa shape index (κ3) is 17.8. The smallest absolute Gasteiger partial charge is 0.264 e. The summed E-state index contributed by atoms with van der Waals surface area (Å²) in [5.41, 5.74) is 0. The van der Waals surface area contributed by atoms with E-state index in [2.05, 4.69) is 6.92 Å². The van der Waals surface area contributed by atoms with E-state index in [-0.39, 0.29) is 11.9 Å². The van der Waals surface area contributed by atoms with Gasteiger partial charge < -0.3 is 5.11 Å². The fourth-order valence-electron chi connectivity index (χ4n) is 2.49. The molecule has 0 saturated carbocycles. The molecule has 128 valence electrons. The van der Waals surface area contributed by atoms with Gasteiger partial charge in [0.25, 0.3) is 10.1 Å². The molecule has 1 unspecified atom stereocenters. The Morgan fingerprint density at radius 2 is 1.19 bits per heavy atom. The quantitative estimate of drug-likeness (QED) is 0.348. The second kappa shape index (κ2) is 13.5. The van der Waals surface area contributed by atoms with Crippen molar-refractivity contribution in [3.8, 4) is 0 Å². The Morgan fingerprint density at radius 1 is 0.762 bits per heavy atom. The molecule has 0 fully saturated rings. The molecule has 0 saturated heterocycles. The second-order valence-corrected chi connectivity index (χ2v) is 7.62. The number of aliphatic hydroxyl groups excluding tert-OH is 1. The minimum Gasteiger partial charge on any atom is -0.393 e. The van der Waals surface area contributed by atoms with Crippen molar-refractivity contribution < 1.29 is 18.1 Å². The highest BCUT2D eigenvalue weighted by molar-refractivity contribution is 7.85. The molecular formula is C16H34O4S. The first-order valence-corrected chi connectivity index (χ1v) is 10.2. The van der Waals surface area contributed by atoms with Gasteiger partial charge in [-0.2, -0.15) is 8.42 Å². The van der Waals surface area contributed by atoms with Crippen LogP contribution in [0.1, 0.15) is 90.4 Å². The zero-order chi connectivity index (χ0) is 16.0. The van der Waals surface area contributed by atoms with Gasteiger partial charge in [-0.1, -0.05) is 71.1 Å². The maximum atomic E-state index is 10.5. The topological polar surface area (TPSA) is 74.6 Å². The Kier molecular flexibility index (Phi) is 13.4. The van der Waals surface area contributed by atoms with Crippen LogP contribution in [-0.2, 0) is 10.1 Å². The van der Waals surface area contributed by atoms with Crippen LogP contribution in [0.2, 0.25) is 0 Å². The van der Waals surface area contributed by atoms with E-state index in [0.717, 1.165) is 51.4 Å². The molecule has 0 amide bonds. The maximum Gasteiger partial charge on any atom is 0.264 e. The summed E-state index contributed by atoms with van der Waals surface area (Å²) < 4.78 is 29.6. The third-order valence-corrected chi connectivity index (χ3v) is 4.64. The minimum absolute atomic E-state index is 0.104. The average Bonchev–Trinajstić information content (AvgIpc) is 2.41. The second-order valence-electron chi connectivity index (χ2n) is 6.05. The fraction of sp³-hybridized carbons (Fsp3) is 1.00. The molecule has 0 bridgehead atoms. The van der Waals surface area contributed by atoms with Crippen molar-refractivity contribution in [2.75, 3.05) is 5.75 Å². The summed E-state index contributed by atoms with van der Waals surface area (Å²) in [6, 6.07) is 0. The molecule has 4 nitrogen and oxygen atoms in total. The largest absolute Gasteiger partial charge is 0.393 e. The lowest BCUT2D eigenvalue weighted by atomic mass is 10.0. The van der Waals surface area contributed by atoms with Crippen LogP contribution in [0.15, 0.2) is 0 Å². The molecule has 0 aromatic rings. The lowest BCUT2D eigenvalue weighted by Gasteiger charge is -2.09. The molecule has 0 aromatic carbocycles. The van der Waals surface area contributed by atoms with Crippen molar-refractivity contribution in [3.63, 3.8) is 0 Å². The van der Waals surface area contributed by atoms with Gasteiger partial charge >= 0.3 is 0 Å². The Balaban J connectivity index is 3.15. The molecule has 0 heterocycles. The molecule has 5 heteroatoms. The number of unbranched alkanes of at least 4 members (excludes halogenated alkanes) is 9. The van der Waals surface area contributed by atoms with Crippen LogP contribution in [0, 0.1) is 0 Å². The average molecular weight is 323 g/mol. The van der Waals surface area contributed by atoms with Crippen LogP contribution in [0.25, 0.3) is 0 Å². The van der Waals surface area contributed by atoms with E-state index in [9.17, 15) is 13.5 Å². The lowest BCUT2D eigenvalue weighted by molar-refractivity contribution is 0.148. The first kappa shape index (κ1) is 20.9. The SMILES string of the molecule is CCCCC(O)CCCCCCCCCCCS(=O)(=O)O. The maximum absolute atomic E-state index is 10.5. The Morgan fingerprint density at radius 3 is 1.67 bits per heavy atom. The van der Waals surface area contributed by atoms with Gasteiger partial charge in [-0.05, 0) is 19.3 Å². The fourth-order valence-corrected chi connectivity index (χ4v) is 3.05.